The molecule has 2 aromatic carbocycles. The molecule has 16 radical (unpaired) electrons. The predicted molar refractivity (Wildman–Crippen MR) is 147 cm³/mol. The fourth-order valence-electron chi connectivity index (χ4n) is 4.52. The maximum Gasteiger partial charge on any atom is 0.348 e. The van der Waals surface area contributed by atoms with E-state index in [0.717, 1.165) is 17.0 Å². The van der Waals surface area contributed by atoms with Gasteiger partial charge in [-0.25, -0.2) is 0 Å². The molecular formula is C22H10B8ClF2N3O4. The highest BCUT2D eigenvalue weighted by molar-refractivity contribution is 6.68. The first-order valence-electron chi connectivity index (χ1n) is 11.3. The Labute approximate surface area is 244 Å². The predicted octanol–water partition coefficient (Wildman–Crippen LogP) is -0.609. The van der Waals surface area contributed by atoms with Crippen molar-refractivity contribution in [1.82, 2.24) is 14.5 Å². The van der Waals surface area contributed by atoms with Crippen LogP contribution in [0.25, 0.3) is 0 Å². The molecule has 7 nitrogen and oxygen atoms in total. The van der Waals surface area contributed by atoms with E-state index in [4.69, 9.17) is 74.6 Å². The Kier molecular flexibility index (Phi) is 7.27. The molecule has 0 aliphatic carbocycles. The summed E-state index contributed by atoms with van der Waals surface area (Å²) in [6.07, 6.45) is 0. The molecule has 0 aromatic heterocycles. The van der Waals surface area contributed by atoms with Gasteiger partial charge < -0.3 is 14.5 Å². The van der Waals surface area contributed by atoms with Crippen molar-refractivity contribution in [2.45, 2.75) is 34.3 Å². The molecule has 1 unspecified atom stereocenters. The number of amides is 4. The highest BCUT2D eigenvalue weighted by atomic mass is 35.5. The number of carbonyl (C=O) groups excluding carboxylic acids is 4. The molecule has 2 atom stereocenters. The zero-order chi connectivity index (χ0) is 30.2. The number of fused-ring (bicyclic) bond motifs is 1. The van der Waals surface area contributed by atoms with Crippen molar-refractivity contribution in [2.75, 3.05) is 0 Å². The van der Waals surface area contributed by atoms with Crippen molar-refractivity contribution in [3.63, 3.8) is 0 Å². The SMILES string of the molecule is [B]C(c1ccc2c(c1)CN([C@@]1([B])C(=O)N([B])C(=O)C([B])([B])C1([B])[B])C2=O)N([B])C(=O)C(F)(F)c1ccc(Cl)cc1. The van der Waals surface area contributed by atoms with E-state index in [1.165, 1.54) is 30.3 Å². The summed E-state index contributed by atoms with van der Waals surface area (Å²) in [6.45, 7) is -0.454. The molecule has 18 heteroatoms. The fraction of sp³-hybridized carbons (Fsp3) is 0.273. The van der Waals surface area contributed by atoms with Crippen LogP contribution in [0.4, 0.5) is 8.78 Å². The van der Waals surface area contributed by atoms with E-state index >= 15 is 0 Å². The van der Waals surface area contributed by atoms with Gasteiger partial charge in [-0.3, -0.25) is 19.2 Å². The Morgan fingerprint density at radius 1 is 1.00 bits per heavy atom. The van der Waals surface area contributed by atoms with Gasteiger partial charge in [-0.05, 0) is 34.5 Å². The second-order valence-corrected chi connectivity index (χ2v) is 9.97. The largest absolute Gasteiger partial charge is 0.393 e. The number of benzene rings is 2. The third-order valence-electron chi connectivity index (χ3n) is 7.14. The van der Waals surface area contributed by atoms with E-state index < -0.39 is 63.5 Å². The van der Waals surface area contributed by atoms with Crippen LogP contribution in [-0.2, 0) is 26.9 Å². The molecular weight excluding hydrogens is 530 g/mol. The standard InChI is InChI=1S/C22H10B8ClF2N3O4/c23-14(35(29)16(38)19(32,33)11-2-4-12(31)5-3-11)9-1-6-13-10(7-9)8-34(15(13)37)21(26)18(40)36(30)17(39)20(24,25)22(21,27)28/h1-7,14H,8H2/t14?,21-/m0/s1. The summed E-state index contributed by atoms with van der Waals surface area (Å²) in [5, 5.41) is -5.21. The Morgan fingerprint density at radius 2 is 1.57 bits per heavy atom. The molecule has 0 saturated carbocycles. The molecule has 2 aliphatic heterocycles. The number of nitrogens with zero attached hydrogens (tertiary/aromatic N) is 3. The monoisotopic (exact) mass is 541 g/mol. The zero-order valence-corrected chi connectivity index (χ0v) is 21.3. The molecule has 2 aromatic rings. The lowest BCUT2D eigenvalue weighted by molar-refractivity contribution is -0.154. The summed E-state index contributed by atoms with van der Waals surface area (Å²) in [4.78, 5) is 52.2. The van der Waals surface area contributed by atoms with Gasteiger partial charge >= 0.3 is 5.92 Å². The summed E-state index contributed by atoms with van der Waals surface area (Å²) < 4.78 is 29.7. The number of imide groups is 1. The van der Waals surface area contributed by atoms with Crippen LogP contribution >= 0.6 is 11.6 Å². The van der Waals surface area contributed by atoms with Gasteiger partial charge in [-0.2, -0.15) is 8.78 Å². The molecule has 0 spiro atoms. The van der Waals surface area contributed by atoms with Gasteiger partial charge in [0.15, 0.2) is 0 Å². The highest BCUT2D eigenvalue weighted by Crippen LogP contribution is 2.57. The van der Waals surface area contributed by atoms with Crippen molar-refractivity contribution < 1.29 is 28.0 Å². The molecule has 2 aliphatic rings. The van der Waals surface area contributed by atoms with E-state index in [1.54, 1.807) is 0 Å². The quantitative estimate of drug-likeness (QED) is 0.375. The second-order valence-electron chi connectivity index (χ2n) is 9.53. The second kappa shape index (κ2) is 9.64. The van der Waals surface area contributed by atoms with Crippen LogP contribution in [0.1, 0.15) is 33.0 Å². The smallest absolute Gasteiger partial charge is 0.348 e. The number of carbonyl (C=O) groups is 4. The summed E-state index contributed by atoms with van der Waals surface area (Å²) in [6, 6.07) is 8.05. The van der Waals surface area contributed by atoms with Crippen LogP contribution in [0.2, 0.25) is 15.5 Å². The van der Waals surface area contributed by atoms with E-state index in [2.05, 4.69) is 0 Å². The van der Waals surface area contributed by atoms with Gasteiger partial charge in [0, 0.05) is 28.6 Å². The van der Waals surface area contributed by atoms with Crippen LogP contribution in [-0.4, -0.2) is 107 Å². The van der Waals surface area contributed by atoms with Gasteiger partial charge in [-0.15, -0.1) is 0 Å². The number of halogens is 3. The Bertz CT molecular complexity index is 1450. The van der Waals surface area contributed by atoms with Crippen LogP contribution in [0.5, 0.6) is 0 Å². The zero-order valence-electron chi connectivity index (χ0n) is 20.6. The molecule has 4 rings (SSSR count). The molecule has 182 valence electrons. The summed E-state index contributed by atoms with van der Waals surface area (Å²) >= 11 is 5.72. The third kappa shape index (κ3) is 4.10. The molecule has 1 fully saturated rings. The first-order valence-corrected chi connectivity index (χ1v) is 11.7. The molecule has 0 bridgehead atoms. The van der Waals surface area contributed by atoms with Crippen molar-refractivity contribution >= 4 is 98.3 Å². The molecule has 4 amide bonds. The summed E-state index contributed by atoms with van der Waals surface area (Å²) in [5.74, 6) is -11.1. The van der Waals surface area contributed by atoms with Gasteiger partial charge in [0.1, 0.15) is 15.7 Å². The van der Waals surface area contributed by atoms with Crippen molar-refractivity contribution in [3.8, 4) is 0 Å². The molecule has 40 heavy (non-hydrogen) atoms. The van der Waals surface area contributed by atoms with Crippen LogP contribution in [0.15, 0.2) is 42.5 Å². The summed E-state index contributed by atoms with van der Waals surface area (Å²) in [7, 11) is 47.2. The normalized spacial score (nSPS) is 22.6. The number of hydrogen-bond acceptors (Lipinski definition) is 4. The number of piperidine rings is 1. The molecule has 0 N–H and O–H groups in total. The number of alkyl halides is 2. The van der Waals surface area contributed by atoms with Gasteiger partial charge in [0.2, 0.25) is 27.8 Å². The lowest BCUT2D eigenvalue weighted by atomic mass is 9.21. The van der Waals surface area contributed by atoms with Crippen LogP contribution in [0.3, 0.4) is 0 Å². The Morgan fingerprint density at radius 3 is 2.15 bits per heavy atom. The van der Waals surface area contributed by atoms with E-state index in [9.17, 15) is 28.0 Å². The third-order valence-corrected chi connectivity index (χ3v) is 7.39. The fourth-order valence-corrected chi connectivity index (χ4v) is 4.65. The first-order chi connectivity index (χ1) is 18.3. The summed E-state index contributed by atoms with van der Waals surface area (Å²) in [5.41, 5.74) is -3.21. The van der Waals surface area contributed by atoms with Crippen molar-refractivity contribution in [2.24, 2.45) is 0 Å². The first kappa shape index (κ1) is 30.2. The maximum atomic E-state index is 14.9. The molecule has 2 heterocycles. The minimum atomic E-state index is -4.05. The number of rotatable bonds is 5. The van der Waals surface area contributed by atoms with Crippen LogP contribution < -0.4 is 0 Å². The van der Waals surface area contributed by atoms with Gasteiger partial charge in [-0.1, -0.05) is 41.1 Å². The van der Waals surface area contributed by atoms with E-state index in [-0.39, 0.29) is 31.3 Å². The van der Waals surface area contributed by atoms with Crippen molar-refractivity contribution in [3.05, 3.63) is 69.7 Å². The average molecular weight is 540 g/mol. The highest BCUT2D eigenvalue weighted by Gasteiger charge is 2.64. The number of hydrogen-bond donors (Lipinski definition) is 0. The minimum Gasteiger partial charge on any atom is -0.393 e. The van der Waals surface area contributed by atoms with Crippen molar-refractivity contribution in [1.29, 1.82) is 0 Å². The Balaban J connectivity index is 1.64. The lowest BCUT2D eigenvalue weighted by Gasteiger charge is -2.62. The van der Waals surface area contributed by atoms with Gasteiger partial charge in [0.05, 0.1) is 36.8 Å². The lowest BCUT2D eigenvalue weighted by Crippen LogP contribution is -2.75. The molecule has 1 saturated heterocycles. The maximum absolute atomic E-state index is 14.9. The van der Waals surface area contributed by atoms with Gasteiger partial charge in [0.25, 0.3) is 11.8 Å². The Hall–Kier alpha value is -2.81. The van der Waals surface area contributed by atoms with E-state index in [1.807, 2.05) is 0 Å². The topological polar surface area (TPSA) is 78.0 Å². The van der Waals surface area contributed by atoms with Crippen LogP contribution in [0, 0.1) is 0 Å². The minimum absolute atomic E-state index is 0.0222. The average Bonchev–Trinajstić information content (AvgIpc) is 3.25. The van der Waals surface area contributed by atoms with E-state index in [0.29, 0.717) is 0 Å².